The molecule has 8 nitrogen and oxygen atoms in total. The lowest BCUT2D eigenvalue weighted by atomic mass is 10.1. The maximum atomic E-state index is 13.6. The van der Waals surface area contributed by atoms with Gasteiger partial charge in [-0.2, -0.15) is 4.31 Å². The van der Waals surface area contributed by atoms with Gasteiger partial charge in [0.1, 0.15) is 0 Å². The monoisotopic (exact) mass is 566 g/mol. The summed E-state index contributed by atoms with van der Waals surface area (Å²) in [6.07, 6.45) is -0.341. The second-order valence-corrected chi connectivity index (χ2v) is 12.7. The third kappa shape index (κ3) is 6.50. The number of thiazole rings is 1. The Labute approximate surface area is 229 Å². The van der Waals surface area contributed by atoms with Gasteiger partial charge in [-0.1, -0.05) is 17.4 Å². The topological polar surface area (TPSA) is 83.1 Å². The highest BCUT2D eigenvalue weighted by molar-refractivity contribution is 7.89. The summed E-state index contributed by atoms with van der Waals surface area (Å²) in [6, 6.07) is 10.4. The number of anilines is 1. The molecule has 0 N–H and O–H groups in total. The lowest BCUT2D eigenvalue weighted by Crippen LogP contribution is -2.48. The molecule has 1 fully saturated rings. The van der Waals surface area contributed by atoms with E-state index in [0.717, 1.165) is 21.3 Å². The smallest absolute Gasteiger partial charge is 0.260 e. The van der Waals surface area contributed by atoms with Crippen LogP contribution >= 0.6 is 23.7 Å². The fraction of sp³-hybridized carbons (Fsp3) is 0.462. The molecule has 2 heterocycles. The lowest BCUT2D eigenvalue weighted by molar-refractivity contribution is -0.0440. The number of likely N-dealkylation sites (N-methyl/N-ethyl adjacent to an activating group) is 1. The molecular formula is C26H35ClN4O4S2. The van der Waals surface area contributed by atoms with Crippen molar-refractivity contribution in [3.63, 3.8) is 0 Å². The van der Waals surface area contributed by atoms with E-state index in [1.807, 2.05) is 45.8 Å². The Balaban J connectivity index is 0.00000380. The van der Waals surface area contributed by atoms with E-state index in [9.17, 15) is 13.2 Å². The third-order valence-electron chi connectivity index (χ3n) is 6.18. The molecule has 37 heavy (non-hydrogen) atoms. The first-order chi connectivity index (χ1) is 17.0. The molecule has 0 spiro atoms. The van der Waals surface area contributed by atoms with Crippen molar-refractivity contribution in [1.82, 2.24) is 14.2 Å². The van der Waals surface area contributed by atoms with Crippen molar-refractivity contribution in [2.24, 2.45) is 0 Å². The van der Waals surface area contributed by atoms with Crippen LogP contribution in [0.25, 0.3) is 10.2 Å². The molecule has 1 aliphatic heterocycles. The first-order valence-electron chi connectivity index (χ1n) is 12.1. The standard InChI is InChI=1S/C26H34N4O4S2.ClH/c1-17-13-18(2)24-23(14-17)27-26(35-24)30(12-11-28(5)6)25(31)21-7-9-22(10-8-21)36(32,33)29-15-19(3)34-20(4)16-29;/h7-10,13-14,19-20H,11-12,15-16H2,1-6H3;1H. The molecule has 2 atom stereocenters. The van der Waals surface area contributed by atoms with Crippen molar-refractivity contribution >= 4 is 55.0 Å². The quantitative estimate of drug-likeness (QED) is 0.423. The summed E-state index contributed by atoms with van der Waals surface area (Å²) >= 11 is 1.50. The molecule has 0 radical (unpaired) electrons. The van der Waals surface area contributed by atoms with Crippen LogP contribution in [-0.4, -0.2) is 81.0 Å². The summed E-state index contributed by atoms with van der Waals surface area (Å²) in [5.41, 5.74) is 3.56. The molecule has 11 heteroatoms. The molecule has 4 rings (SSSR count). The number of rotatable bonds is 7. The zero-order valence-electron chi connectivity index (χ0n) is 22.1. The number of hydrogen-bond donors (Lipinski definition) is 0. The Morgan fingerprint density at radius 3 is 2.30 bits per heavy atom. The first-order valence-corrected chi connectivity index (χ1v) is 14.3. The van der Waals surface area contributed by atoms with Crippen LogP contribution in [0.4, 0.5) is 5.13 Å². The van der Waals surface area contributed by atoms with Crippen molar-refractivity contribution in [1.29, 1.82) is 0 Å². The van der Waals surface area contributed by atoms with Crippen LogP contribution in [0.1, 0.15) is 35.3 Å². The first kappa shape index (κ1) is 29.5. The molecule has 0 saturated carbocycles. The number of hydrogen-bond acceptors (Lipinski definition) is 7. The number of halogens is 1. The fourth-order valence-corrected chi connectivity index (χ4v) is 7.10. The molecule has 1 saturated heterocycles. The molecule has 1 amide bonds. The zero-order chi connectivity index (χ0) is 26.2. The minimum atomic E-state index is -3.68. The number of aromatic nitrogens is 1. The molecular weight excluding hydrogens is 532 g/mol. The molecule has 0 bridgehead atoms. The molecule has 0 aliphatic carbocycles. The van der Waals surface area contributed by atoms with Crippen LogP contribution in [-0.2, 0) is 14.8 Å². The Bertz CT molecular complexity index is 1350. The Kier molecular flexibility index (Phi) is 9.36. The van der Waals surface area contributed by atoms with E-state index in [4.69, 9.17) is 9.72 Å². The van der Waals surface area contributed by atoms with Crippen LogP contribution in [0.3, 0.4) is 0 Å². The van der Waals surface area contributed by atoms with Gasteiger partial charge in [-0.3, -0.25) is 9.69 Å². The highest BCUT2D eigenvalue weighted by atomic mass is 35.5. The van der Waals surface area contributed by atoms with Gasteiger partial charge in [0.2, 0.25) is 10.0 Å². The second kappa shape index (κ2) is 11.8. The zero-order valence-corrected chi connectivity index (χ0v) is 24.5. The lowest BCUT2D eigenvalue weighted by Gasteiger charge is -2.34. The average Bonchev–Trinajstić information content (AvgIpc) is 3.22. The molecule has 1 aromatic heterocycles. The predicted molar refractivity (Wildman–Crippen MR) is 152 cm³/mol. The number of amides is 1. The second-order valence-electron chi connectivity index (χ2n) is 9.79. The molecule has 3 aromatic rings. The Morgan fingerprint density at radius 1 is 1.08 bits per heavy atom. The van der Waals surface area contributed by atoms with E-state index >= 15 is 0 Å². The number of carbonyl (C=O) groups is 1. The number of ether oxygens (including phenoxy) is 1. The van der Waals surface area contributed by atoms with Gasteiger partial charge in [-0.05, 0) is 83.2 Å². The van der Waals surface area contributed by atoms with Crippen LogP contribution in [0, 0.1) is 13.8 Å². The van der Waals surface area contributed by atoms with Gasteiger partial charge < -0.3 is 9.64 Å². The van der Waals surface area contributed by atoms with Gasteiger partial charge in [0.05, 0.1) is 27.3 Å². The van der Waals surface area contributed by atoms with Crippen molar-refractivity contribution in [2.75, 3.05) is 45.2 Å². The van der Waals surface area contributed by atoms with Crippen LogP contribution in [0.2, 0.25) is 0 Å². The van der Waals surface area contributed by atoms with E-state index in [1.54, 1.807) is 17.0 Å². The van der Waals surface area contributed by atoms with Crippen molar-refractivity contribution in [3.8, 4) is 0 Å². The van der Waals surface area contributed by atoms with Gasteiger partial charge in [-0.15, -0.1) is 12.4 Å². The summed E-state index contributed by atoms with van der Waals surface area (Å²) in [5.74, 6) is -0.206. The molecule has 2 aromatic carbocycles. The predicted octanol–water partition coefficient (Wildman–Crippen LogP) is 4.34. The van der Waals surface area contributed by atoms with Crippen molar-refractivity contribution < 1.29 is 17.9 Å². The minimum absolute atomic E-state index is 0. The molecule has 1 aliphatic rings. The van der Waals surface area contributed by atoms with Crippen LogP contribution < -0.4 is 4.90 Å². The number of carbonyl (C=O) groups excluding carboxylic acids is 1. The number of nitrogens with zero attached hydrogens (tertiary/aromatic N) is 4. The van der Waals surface area contributed by atoms with Gasteiger partial charge in [0.15, 0.2) is 5.13 Å². The summed E-state index contributed by atoms with van der Waals surface area (Å²) in [5, 5.41) is 0.638. The van der Waals surface area contributed by atoms with Crippen molar-refractivity contribution in [3.05, 3.63) is 53.1 Å². The summed E-state index contributed by atoms with van der Waals surface area (Å²) in [7, 11) is 0.241. The summed E-state index contributed by atoms with van der Waals surface area (Å²) in [4.78, 5) is 22.3. The van der Waals surface area contributed by atoms with Gasteiger partial charge in [0.25, 0.3) is 5.91 Å². The number of sulfonamides is 1. The number of morpholine rings is 1. The van der Waals surface area contributed by atoms with E-state index in [2.05, 4.69) is 13.0 Å². The number of benzene rings is 2. The van der Waals surface area contributed by atoms with E-state index in [-0.39, 0.29) is 35.4 Å². The highest BCUT2D eigenvalue weighted by Crippen LogP contribution is 2.33. The maximum Gasteiger partial charge on any atom is 0.260 e. The highest BCUT2D eigenvalue weighted by Gasteiger charge is 2.32. The normalized spacial score (nSPS) is 18.7. The molecule has 202 valence electrons. The van der Waals surface area contributed by atoms with Crippen molar-refractivity contribution in [2.45, 2.75) is 44.8 Å². The van der Waals surface area contributed by atoms with Crippen LogP contribution in [0.5, 0.6) is 0 Å². The van der Waals surface area contributed by atoms with E-state index in [0.29, 0.717) is 36.9 Å². The van der Waals surface area contributed by atoms with E-state index in [1.165, 1.54) is 27.8 Å². The largest absolute Gasteiger partial charge is 0.373 e. The maximum absolute atomic E-state index is 13.6. The summed E-state index contributed by atoms with van der Waals surface area (Å²) in [6.45, 7) is 9.57. The SMILES string of the molecule is Cc1cc(C)c2sc(N(CCN(C)C)C(=O)c3ccc(S(=O)(=O)N4CC(C)OC(C)C4)cc3)nc2c1.Cl. The fourth-order valence-electron chi connectivity index (χ4n) is 4.47. The Morgan fingerprint density at radius 2 is 1.70 bits per heavy atom. The van der Waals surface area contributed by atoms with Crippen LogP contribution in [0.15, 0.2) is 41.3 Å². The number of fused-ring (bicyclic) bond motifs is 1. The molecule has 2 unspecified atom stereocenters. The van der Waals surface area contributed by atoms with Gasteiger partial charge >= 0.3 is 0 Å². The number of aryl methyl sites for hydroxylation is 2. The van der Waals surface area contributed by atoms with Gasteiger partial charge in [-0.25, -0.2) is 13.4 Å². The summed E-state index contributed by atoms with van der Waals surface area (Å²) < 4.78 is 34.6. The minimum Gasteiger partial charge on any atom is -0.373 e. The third-order valence-corrected chi connectivity index (χ3v) is 9.26. The average molecular weight is 567 g/mol. The van der Waals surface area contributed by atoms with Gasteiger partial charge in [0, 0.05) is 31.7 Å². The Hall–Kier alpha value is -2.08. The van der Waals surface area contributed by atoms with E-state index < -0.39 is 10.0 Å².